The van der Waals surface area contributed by atoms with Crippen LogP contribution in [0.4, 0.5) is 0 Å². The van der Waals surface area contributed by atoms with E-state index in [0.717, 1.165) is 44.7 Å². The van der Waals surface area contributed by atoms with Crippen molar-refractivity contribution in [1.82, 2.24) is 20.2 Å². The maximum atomic E-state index is 11.4. The molecule has 0 spiro atoms. The zero-order valence-corrected chi connectivity index (χ0v) is 20.0. The fraction of sp³-hybridized carbons (Fsp3) is 0.154. The highest BCUT2D eigenvalue weighted by molar-refractivity contribution is 6.30. The first kappa shape index (κ1) is 22.6. The van der Waals surface area contributed by atoms with Crippen LogP contribution < -0.4 is 4.74 Å². The van der Waals surface area contributed by atoms with Crippen LogP contribution in [0.1, 0.15) is 11.1 Å². The SMILES string of the molecule is COC(=O)COc1cc(C)c(-c2nc3ccc(-c4nnc(-c5ccc(Cl)cc5)o4)cc3[nH]2)c(C)c1. The second-order valence-electron chi connectivity index (χ2n) is 8.03. The Bertz CT molecular complexity index is 1520. The minimum absolute atomic E-state index is 0.141. The molecule has 3 aromatic carbocycles. The fourth-order valence-electron chi connectivity index (χ4n) is 3.89. The van der Waals surface area contributed by atoms with E-state index in [1.54, 1.807) is 12.1 Å². The molecule has 176 valence electrons. The van der Waals surface area contributed by atoms with Crippen LogP contribution in [0.2, 0.25) is 5.02 Å². The number of aryl methyl sites for hydroxylation is 2. The number of aromatic amines is 1. The number of methoxy groups -OCH3 is 1. The smallest absolute Gasteiger partial charge is 0.343 e. The van der Waals surface area contributed by atoms with E-state index in [1.807, 2.05) is 56.3 Å². The lowest BCUT2D eigenvalue weighted by Crippen LogP contribution is -2.12. The molecule has 0 saturated carbocycles. The van der Waals surface area contributed by atoms with Crippen molar-refractivity contribution in [2.45, 2.75) is 13.8 Å². The Morgan fingerprint density at radius 2 is 1.63 bits per heavy atom. The zero-order valence-electron chi connectivity index (χ0n) is 19.3. The highest BCUT2D eigenvalue weighted by atomic mass is 35.5. The van der Waals surface area contributed by atoms with Crippen LogP contribution >= 0.6 is 11.6 Å². The predicted octanol–water partition coefficient (Wildman–Crippen LogP) is 5.77. The maximum absolute atomic E-state index is 11.4. The van der Waals surface area contributed by atoms with E-state index in [1.165, 1.54) is 7.11 Å². The van der Waals surface area contributed by atoms with Crippen LogP contribution in [-0.4, -0.2) is 39.9 Å². The first-order valence-electron chi connectivity index (χ1n) is 10.8. The number of hydrogen-bond donors (Lipinski definition) is 1. The Morgan fingerprint density at radius 3 is 2.31 bits per heavy atom. The lowest BCUT2D eigenvalue weighted by atomic mass is 10.0. The van der Waals surface area contributed by atoms with E-state index in [4.69, 9.17) is 25.7 Å². The third-order valence-corrected chi connectivity index (χ3v) is 5.82. The van der Waals surface area contributed by atoms with Crippen molar-refractivity contribution in [3.05, 3.63) is 70.7 Å². The molecule has 0 unspecified atom stereocenters. The molecule has 5 rings (SSSR count). The largest absolute Gasteiger partial charge is 0.482 e. The summed E-state index contributed by atoms with van der Waals surface area (Å²) in [5.74, 6) is 1.73. The Balaban J connectivity index is 1.44. The number of ether oxygens (including phenoxy) is 2. The molecule has 0 aliphatic heterocycles. The minimum atomic E-state index is -0.431. The van der Waals surface area contributed by atoms with Crippen molar-refractivity contribution in [3.8, 4) is 40.0 Å². The van der Waals surface area contributed by atoms with E-state index in [9.17, 15) is 4.79 Å². The van der Waals surface area contributed by atoms with Gasteiger partial charge >= 0.3 is 5.97 Å². The molecule has 0 atom stereocenters. The second kappa shape index (κ2) is 9.23. The van der Waals surface area contributed by atoms with Gasteiger partial charge in [0.05, 0.1) is 18.1 Å². The van der Waals surface area contributed by atoms with Crippen molar-refractivity contribution in [2.75, 3.05) is 13.7 Å². The highest BCUT2D eigenvalue weighted by Crippen LogP contribution is 2.32. The number of esters is 1. The first-order valence-corrected chi connectivity index (χ1v) is 11.2. The number of carbonyl (C=O) groups excluding carboxylic acids is 1. The topological polar surface area (TPSA) is 103 Å². The molecule has 2 aromatic heterocycles. The number of H-pyrrole nitrogens is 1. The molecule has 0 bridgehead atoms. The zero-order chi connectivity index (χ0) is 24.5. The van der Waals surface area contributed by atoms with Crippen molar-refractivity contribution >= 4 is 28.6 Å². The summed E-state index contributed by atoms with van der Waals surface area (Å²) >= 11 is 5.96. The summed E-state index contributed by atoms with van der Waals surface area (Å²) < 4.78 is 16.1. The Kier molecular flexibility index (Phi) is 5.96. The van der Waals surface area contributed by atoms with Crippen LogP contribution in [0, 0.1) is 13.8 Å². The van der Waals surface area contributed by atoms with Gasteiger partial charge in [-0.15, -0.1) is 10.2 Å². The predicted molar refractivity (Wildman–Crippen MR) is 132 cm³/mol. The summed E-state index contributed by atoms with van der Waals surface area (Å²) in [5, 5.41) is 9.00. The van der Waals surface area contributed by atoms with Gasteiger partial charge in [0.1, 0.15) is 11.6 Å². The molecule has 0 saturated heterocycles. The molecule has 1 N–H and O–H groups in total. The molecule has 0 aliphatic carbocycles. The normalized spacial score (nSPS) is 11.1. The molecular formula is C26H21ClN4O4. The van der Waals surface area contributed by atoms with Gasteiger partial charge in [-0.1, -0.05) is 11.6 Å². The molecular weight excluding hydrogens is 468 g/mol. The van der Waals surface area contributed by atoms with Crippen LogP contribution in [0.5, 0.6) is 5.75 Å². The van der Waals surface area contributed by atoms with E-state index >= 15 is 0 Å². The Labute approximate surface area is 205 Å². The maximum Gasteiger partial charge on any atom is 0.343 e. The van der Waals surface area contributed by atoms with E-state index in [-0.39, 0.29) is 6.61 Å². The number of aromatic nitrogens is 4. The number of nitrogens with one attached hydrogen (secondary N) is 1. The summed E-state index contributed by atoms with van der Waals surface area (Å²) in [5.41, 5.74) is 6.13. The summed E-state index contributed by atoms with van der Waals surface area (Å²) in [7, 11) is 1.33. The first-order chi connectivity index (χ1) is 16.9. The van der Waals surface area contributed by atoms with Crippen molar-refractivity contribution < 1.29 is 18.7 Å². The standard InChI is InChI=1S/C26H21ClN4O4/c1-14-10-19(34-13-22(32)33-3)11-15(2)23(14)24-28-20-9-6-17(12-21(20)29-24)26-31-30-25(35-26)16-4-7-18(27)8-5-16/h4-12H,13H2,1-3H3,(H,28,29). The van der Waals surface area contributed by atoms with Gasteiger partial charge in [0.25, 0.3) is 0 Å². The minimum Gasteiger partial charge on any atom is -0.482 e. The van der Waals surface area contributed by atoms with Gasteiger partial charge in [-0.05, 0) is 79.6 Å². The quantitative estimate of drug-likeness (QED) is 0.302. The van der Waals surface area contributed by atoms with Gasteiger partial charge in [-0.2, -0.15) is 0 Å². The van der Waals surface area contributed by atoms with Gasteiger partial charge < -0.3 is 18.9 Å². The third kappa shape index (κ3) is 4.61. The van der Waals surface area contributed by atoms with Crippen molar-refractivity contribution in [3.63, 3.8) is 0 Å². The molecule has 0 radical (unpaired) electrons. The summed E-state index contributed by atoms with van der Waals surface area (Å²) in [6, 6.07) is 16.7. The molecule has 35 heavy (non-hydrogen) atoms. The number of hydrogen-bond acceptors (Lipinski definition) is 7. The molecule has 9 heteroatoms. The number of halogens is 1. The molecule has 0 aliphatic rings. The van der Waals surface area contributed by atoms with Crippen LogP contribution in [0.15, 0.2) is 59.0 Å². The summed E-state index contributed by atoms with van der Waals surface area (Å²) in [6.07, 6.45) is 0. The monoisotopic (exact) mass is 488 g/mol. The van der Waals surface area contributed by atoms with Crippen LogP contribution in [0.3, 0.4) is 0 Å². The molecule has 0 amide bonds. The molecule has 8 nitrogen and oxygen atoms in total. The highest BCUT2D eigenvalue weighted by Gasteiger charge is 2.16. The summed E-state index contributed by atoms with van der Waals surface area (Å²) in [4.78, 5) is 19.5. The second-order valence-corrected chi connectivity index (χ2v) is 8.47. The lowest BCUT2D eigenvalue weighted by Gasteiger charge is -2.11. The fourth-order valence-corrected chi connectivity index (χ4v) is 4.02. The number of benzene rings is 3. The number of carbonyl (C=O) groups is 1. The Hall–Kier alpha value is -4.17. The molecule has 0 fully saturated rings. The van der Waals surface area contributed by atoms with Crippen molar-refractivity contribution in [2.24, 2.45) is 0 Å². The van der Waals surface area contributed by atoms with Gasteiger partial charge in [0, 0.05) is 21.7 Å². The number of rotatable bonds is 6. The van der Waals surface area contributed by atoms with E-state index < -0.39 is 5.97 Å². The van der Waals surface area contributed by atoms with Gasteiger partial charge in [0.2, 0.25) is 11.8 Å². The third-order valence-electron chi connectivity index (χ3n) is 5.57. The number of nitrogens with zero attached hydrogens (tertiary/aromatic N) is 3. The van der Waals surface area contributed by atoms with E-state index in [2.05, 4.69) is 19.9 Å². The average Bonchev–Trinajstić information content (AvgIpc) is 3.49. The van der Waals surface area contributed by atoms with Gasteiger partial charge in [-0.3, -0.25) is 0 Å². The van der Waals surface area contributed by atoms with Crippen molar-refractivity contribution in [1.29, 1.82) is 0 Å². The lowest BCUT2D eigenvalue weighted by molar-refractivity contribution is -0.142. The Morgan fingerprint density at radius 1 is 0.971 bits per heavy atom. The number of fused-ring (bicyclic) bond motifs is 1. The molecule has 5 aromatic rings. The van der Waals surface area contributed by atoms with Gasteiger partial charge in [-0.25, -0.2) is 9.78 Å². The average molecular weight is 489 g/mol. The van der Waals surface area contributed by atoms with Crippen LogP contribution in [-0.2, 0) is 9.53 Å². The van der Waals surface area contributed by atoms with E-state index in [0.29, 0.717) is 22.6 Å². The number of imidazole rings is 1. The molecule has 2 heterocycles. The van der Waals surface area contributed by atoms with Gasteiger partial charge in [0.15, 0.2) is 6.61 Å². The van der Waals surface area contributed by atoms with Crippen LogP contribution in [0.25, 0.3) is 45.3 Å². The summed E-state index contributed by atoms with van der Waals surface area (Å²) in [6.45, 7) is 3.81.